The molecule has 0 aromatic heterocycles. The number of benzene rings is 1. The molecular formula is C18H32N2O. The van der Waals surface area contributed by atoms with Gasteiger partial charge >= 0.3 is 0 Å². The lowest BCUT2D eigenvalue weighted by atomic mass is 10.0. The molecule has 1 unspecified atom stereocenters. The number of rotatable bonds is 10. The molecule has 0 saturated heterocycles. The maximum atomic E-state index is 5.81. The fraction of sp³-hybridized carbons (Fsp3) is 0.667. The van der Waals surface area contributed by atoms with Gasteiger partial charge < -0.3 is 10.1 Å². The summed E-state index contributed by atoms with van der Waals surface area (Å²) in [6.45, 7) is 15.7. The van der Waals surface area contributed by atoms with Crippen molar-refractivity contribution >= 4 is 0 Å². The van der Waals surface area contributed by atoms with E-state index in [0.29, 0.717) is 6.04 Å². The minimum atomic E-state index is 0.380. The van der Waals surface area contributed by atoms with Gasteiger partial charge in [0.15, 0.2) is 0 Å². The van der Waals surface area contributed by atoms with Crippen molar-refractivity contribution < 1.29 is 4.74 Å². The first-order valence-corrected chi connectivity index (χ1v) is 8.37. The van der Waals surface area contributed by atoms with Gasteiger partial charge in [-0.2, -0.15) is 0 Å². The number of hydrogen-bond donors (Lipinski definition) is 1. The topological polar surface area (TPSA) is 24.5 Å². The van der Waals surface area contributed by atoms with Gasteiger partial charge in [-0.1, -0.05) is 26.8 Å². The van der Waals surface area contributed by atoms with E-state index in [1.54, 1.807) is 0 Å². The first-order chi connectivity index (χ1) is 10.2. The van der Waals surface area contributed by atoms with Gasteiger partial charge in [-0.3, -0.25) is 4.90 Å². The van der Waals surface area contributed by atoms with E-state index in [-0.39, 0.29) is 0 Å². The van der Waals surface area contributed by atoms with Crippen molar-refractivity contribution in [2.24, 2.45) is 0 Å². The van der Waals surface area contributed by atoms with Gasteiger partial charge in [0.2, 0.25) is 0 Å². The van der Waals surface area contributed by atoms with E-state index < -0.39 is 0 Å². The molecule has 1 aromatic carbocycles. The quantitative estimate of drug-likeness (QED) is 0.706. The van der Waals surface area contributed by atoms with E-state index >= 15 is 0 Å². The van der Waals surface area contributed by atoms with Crippen LogP contribution < -0.4 is 10.1 Å². The van der Waals surface area contributed by atoms with Crippen LogP contribution in [0.5, 0.6) is 5.75 Å². The Morgan fingerprint density at radius 1 is 1.19 bits per heavy atom. The largest absolute Gasteiger partial charge is 0.494 e. The summed E-state index contributed by atoms with van der Waals surface area (Å²) in [6, 6.07) is 6.99. The van der Waals surface area contributed by atoms with Crippen LogP contribution in [0.2, 0.25) is 0 Å². The Morgan fingerprint density at radius 3 is 2.52 bits per heavy atom. The standard InChI is InChI=1S/C18H32N2O/c1-6-12-20(8-3)14-17-13-16(15(5)19-7-2)10-11-18(17)21-9-4/h10-11,13,15,19H,6-9,12,14H2,1-5H3. The molecule has 3 heteroatoms. The molecule has 0 amide bonds. The summed E-state index contributed by atoms with van der Waals surface area (Å²) >= 11 is 0. The fourth-order valence-electron chi connectivity index (χ4n) is 2.62. The summed E-state index contributed by atoms with van der Waals surface area (Å²) in [7, 11) is 0. The van der Waals surface area contributed by atoms with Gasteiger partial charge in [-0.25, -0.2) is 0 Å². The lowest BCUT2D eigenvalue weighted by Gasteiger charge is -2.23. The summed E-state index contributed by atoms with van der Waals surface area (Å²) in [4.78, 5) is 2.47. The van der Waals surface area contributed by atoms with Crippen LogP contribution in [0, 0.1) is 0 Å². The molecule has 1 aromatic rings. The van der Waals surface area contributed by atoms with Crippen molar-refractivity contribution in [2.75, 3.05) is 26.2 Å². The average Bonchev–Trinajstić information content (AvgIpc) is 2.48. The van der Waals surface area contributed by atoms with Gasteiger partial charge in [-0.15, -0.1) is 0 Å². The van der Waals surface area contributed by atoms with Crippen LogP contribution in [0.3, 0.4) is 0 Å². The van der Waals surface area contributed by atoms with Gasteiger partial charge in [0.25, 0.3) is 0 Å². The van der Waals surface area contributed by atoms with E-state index in [2.05, 4.69) is 56.1 Å². The van der Waals surface area contributed by atoms with E-state index in [0.717, 1.165) is 38.5 Å². The maximum Gasteiger partial charge on any atom is 0.123 e. The summed E-state index contributed by atoms with van der Waals surface area (Å²) < 4.78 is 5.81. The smallest absolute Gasteiger partial charge is 0.123 e. The van der Waals surface area contributed by atoms with Crippen molar-refractivity contribution in [3.63, 3.8) is 0 Å². The fourth-order valence-corrected chi connectivity index (χ4v) is 2.62. The molecule has 0 aliphatic heterocycles. The van der Waals surface area contributed by atoms with Crippen LogP contribution >= 0.6 is 0 Å². The Hall–Kier alpha value is -1.06. The molecule has 1 atom stereocenters. The van der Waals surface area contributed by atoms with Gasteiger partial charge in [0.05, 0.1) is 6.61 Å². The first kappa shape index (κ1) is 18.0. The maximum absolute atomic E-state index is 5.81. The normalized spacial score (nSPS) is 12.7. The first-order valence-electron chi connectivity index (χ1n) is 8.37. The molecule has 0 saturated carbocycles. The average molecular weight is 292 g/mol. The summed E-state index contributed by atoms with van der Waals surface area (Å²) in [5.41, 5.74) is 2.64. The van der Waals surface area contributed by atoms with Crippen LogP contribution in [0.4, 0.5) is 0 Å². The van der Waals surface area contributed by atoms with Crippen LogP contribution in [0.1, 0.15) is 58.2 Å². The molecular weight excluding hydrogens is 260 g/mol. The molecule has 120 valence electrons. The van der Waals surface area contributed by atoms with E-state index in [1.807, 2.05) is 6.92 Å². The minimum Gasteiger partial charge on any atom is -0.494 e. The summed E-state index contributed by atoms with van der Waals surface area (Å²) in [6.07, 6.45) is 1.19. The third kappa shape index (κ3) is 5.68. The van der Waals surface area contributed by atoms with Crippen molar-refractivity contribution in [3.05, 3.63) is 29.3 Å². The molecule has 1 rings (SSSR count). The van der Waals surface area contributed by atoms with E-state index in [1.165, 1.54) is 17.5 Å². The number of nitrogens with one attached hydrogen (secondary N) is 1. The lowest BCUT2D eigenvalue weighted by molar-refractivity contribution is 0.270. The molecule has 0 bridgehead atoms. The molecule has 21 heavy (non-hydrogen) atoms. The Labute approximate surface area is 130 Å². The van der Waals surface area contributed by atoms with Crippen LogP contribution in [-0.4, -0.2) is 31.1 Å². The Kier molecular flexibility index (Phi) is 8.40. The van der Waals surface area contributed by atoms with Gasteiger partial charge in [-0.05, 0) is 57.6 Å². The van der Waals surface area contributed by atoms with Crippen molar-refractivity contribution in [3.8, 4) is 5.75 Å². The van der Waals surface area contributed by atoms with Crippen LogP contribution in [-0.2, 0) is 6.54 Å². The Balaban J connectivity index is 2.96. The lowest BCUT2D eigenvalue weighted by Crippen LogP contribution is -2.24. The molecule has 1 N–H and O–H groups in total. The molecule has 3 nitrogen and oxygen atoms in total. The molecule has 0 aliphatic rings. The molecule has 0 heterocycles. The minimum absolute atomic E-state index is 0.380. The van der Waals surface area contributed by atoms with Gasteiger partial charge in [0, 0.05) is 18.2 Å². The van der Waals surface area contributed by atoms with E-state index in [4.69, 9.17) is 4.74 Å². The second kappa shape index (κ2) is 9.80. The molecule has 0 aliphatic carbocycles. The highest BCUT2D eigenvalue weighted by molar-refractivity contribution is 5.38. The number of nitrogens with zero attached hydrogens (tertiary/aromatic N) is 1. The summed E-state index contributed by atoms with van der Waals surface area (Å²) in [5.74, 6) is 1.03. The molecule has 0 radical (unpaired) electrons. The van der Waals surface area contributed by atoms with Crippen molar-refractivity contribution in [2.45, 2.75) is 53.6 Å². The second-order valence-electron chi connectivity index (χ2n) is 5.45. The third-order valence-electron chi connectivity index (χ3n) is 3.78. The van der Waals surface area contributed by atoms with Gasteiger partial charge in [0.1, 0.15) is 5.75 Å². The summed E-state index contributed by atoms with van der Waals surface area (Å²) in [5, 5.41) is 3.48. The highest BCUT2D eigenvalue weighted by atomic mass is 16.5. The Morgan fingerprint density at radius 2 is 1.95 bits per heavy atom. The van der Waals surface area contributed by atoms with E-state index in [9.17, 15) is 0 Å². The molecule has 0 spiro atoms. The van der Waals surface area contributed by atoms with Crippen LogP contribution in [0.25, 0.3) is 0 Å². The predicted molar refractivity (Wildman–Crippen MR) is 90.9 cm³/mol. The monoisotopic (exact) mass is 292 g/mol. The number of hydrogen-bond acceptors (Lipinski definition) is 3. The van der Waals surface area contributed by atoms with Crippen molar-refractivity contribution in [1.82, 2.24) is 10.2 Å². The highest BCUT2D eigenvalue weighted by Crippen LogP contribution is 2.25. The third-order valence-corrected chi connectivity index (χ3v) is 3.78. The zero-order chi connectivity index (χ0) is 15.7. The highest BCUT2D eigenvalue weighted by Gasteiger charge is 2.12. The zero-order valence-corrected chi connectivity index (χ0v) is 14.4. The van der Waals surface area contributed by atoms with Crippen LogP contribution in [0.15, 0.2) is 18.2 Å². The van der Waals surface area contributed by atoms with Crippen molar-refractivity contribution in [1.29, 1.82) is 0 Å². The number of ether oxygens (including phenoxy) is 1. The Bertz CT molecular complexity index is 406. The zero-order valence-electron chi connectivity index (χ0n) is 14.4. The predicted octanol–water partition coefficient (Wildman–Crippen LogP) is 3.99. The second-order valence-corrected chi connectivity index (χ2v) is 5.45. The SMILES string of the molecule is CCCN(CC)Cc1cc(C(C)NCC)ccc1OCC. The molecule has 0 fully saturated rings.